The third-order valence-corrected chi connectivity index (χ3v) is 3.80. The Morgan fingerprint density at radius 1 is 1.48 bits per heavy atom. The maximum atomic E-state index is 12.1. The van der Waals surface area contributed by atoms with E-state index in [1.165, 1.54) is 11.3 Å². The first kappa shape index (κ1) is 15.7. The van der Waals surface area contributed by atoms with Crippen molar-refractivity contribution >= 4 is 17.2 Å². The molecule has 6 heteroatoms. The monoisotopic (exact) mass is 307 g/mol. The molecular formula is C15H21N3O2S. The van der Waals surface area contributed by atoms with Gasteiger partial charge in [0.25, 0.3) is 5.91 Å². The smallest absolute Gasteiger partial charge is 0.270 e. The van der Waals surface area contributed by atoms with Gasteiger partial charge in [-0.2, -0.15) is 0 Å². The Kier molecular flexibility index (Phi) is 4.80. The molecule has 0 fully saturated rings. The summed E-state index contributed by atoms with van der Waals surface area (Å²) in [4.78, 5) is 18.6. The van der Waals surface area contributed by atoms with Crippen LogP contribution in [0.25, 0.3) is 10.8 Å². The highest BCUT2D eigenvalue weighted by atomic mass is 32.1. The molecule has 2 rings (SSSR count). The van der Waals surface area contributed by atoms with Crippen molar-refractivity contribution in [1.29, 1.82) is 0 Å². The van der Waals surface area contributed by atoms with Crippen LogP contribution in [-0.4, -0.2) is 43.0 Å². The summed E-state index contributed by atoms with van der Waals surface area (Å²) in [6.07, 6.45) is 1.60. The van der Waals surface area contributed by atoms with Crippen LogP contribution in [0.15, 0.2) is 28.2 Å². The molecule has 21 heavy (non-hydrogen) atoms. The lowest BCUT2D eigenvalue weighted by Crippen LogP contribution is -2.40. The Morgan fingerprint density at radius 3 is 2.86 bits per heavy atom. The minimum Gasteiger partial charge on any atom is -0.462 e. The molecule has 1 amide bonds. The molecule has 0 saturated heterocycles. The minimum atomic E-state index is -0.143. The van der Waals surface area contributed by atoms with Gasteiger partial charge in [-0.15, -0.1) is 11.3 Å². The van der Waals surface area contributed by atoms with Gasteiger partial charge in [-0.25, -0.2) is 4.98 Å². The zero-order valence-electron chi connectivity index (χ0n) is 12.8. The summed E-state index contributed by atoms with van der Waals surface area (Å²) < 4.78 is 5.28. The summed E-state index contributed by atoms with van der Waals surface area (Å²) in [5.74, 6) is 0.544. The Labute approximate surface area is 129 Å². The molecule has 0 aliphatic carbocycles. The summed E-state index contributed by atoms with van der Waals surface area (Å²) in [6.45, 7) is 5.77. The van der Waals surface area contributed by atoms with E-state index in [0.29, 0.717) is 18.0 Å². The van der Waals surface area contributed by atoms with Crippen LogP contribution in [0.4, 0.5) is 0 Å². The van der Waals surface area contributed by atoms with Crippen molar-refractivity contribution in [1.82, 2.24) is 15.2 Å². The zero-order chi connectivity index (χ0) is 15.5. The van der Waals surface area contributed by atoms with Gasteiger partial charge in [-0.3, -0.25) is 4.79 Å². The first-order valence-corrected chi connectivity index (χ1v) is 7.68. The largest absolute Gasteiger partial charge is 0.462 e. The molecular weight excluding hydrogens is 286 g/mol. The predicted octanol–water partition coefficient (Wildman–Crippen LogP) is 2.72. The van der Waals surface area contributed by atoms with Crippen molar-refractivity contribution < 1.29 is 9.21 Å². The summed E-state index contributed by atoms with van der Waals surface area (Å²) in [7, 11) is 4.05. The number of aromatic nitrogens is 1. The van der Waals surface area contributed by atoms with Crippen molar-refractivity contribution in [3.05, 3.63) is 29.5 Å². The molecule has 2 aromatic rings. The topological polar surface area (TPSA) is 58.4 Å². The number of nitrogens with zero attached hydrogens (tertiary/aromatic N) is 2. The zero-order valence-corrected chi connectivity index (χ0v) is 13.7. The molecule has 0 saturated carbocycles. The van der Waals surface area contributed by atoms with Crippen molar-refractivity contribution in [3.8, 4) is 10.8 Å². The normalized spacial score (nSPS) is 11.9. The Balaban J connectivity index is 1.95. The third kappa shape index (κ3) is 4.41. The second kappa shape index (κ2) is 6.41. The quantitative estimate of drug-likeness (QED) is 0.891. The predicted molar refractivity (Wildman–Crippen MR) is 84.5 cm³/mol. The van der Waals surface area contributed by atoms with Gasteiger partial charge in [0, 0.05) is 18.5 Å². The summed E-state index contributed by atoms with van der Waals surface area (Å²) in [5.41, 5.74) is 0.450. The summed E-state index contributed by atoms with van der Waals surface area (Å²) in [6, 6.07) is 3.64. The number of thiazole rings is 1. The number of rotatable bonds is 6. The molecule has 5 nitrogen and oxygen atoms in total. The average Bonchev–Trinajstić information content (AvgIpc) is 3.04. The van der Waals surface area contributed by atoms with Gasteiger partial charge in [0.15, 0.2) is 10.8 Å². The van der Waals surface area contributed by atoms with E-state index in [2.05, 4.69) is 29.0 Å². The first-order valence-electron chi connectivity index (χ1n) is 6.80. The molecule has 0 spiro atoms. The van der Waals surface area contributed by atoms with E-state index in [9.17, 15) is 4.79 Å². The van der Waals surface area contributed by atoms with Gasteiger partial charge in [-0.05, 0) is 31.6 Å². The summed E-state index contributed by atoms with van der Waals surface area (Å²) in [5, 5.41) is 5.43. The van der Waals surface area contributed by atoms with Crippen LogP contribution in [0.1, 0.15) is 24.3 Å². The van der Waals surface area contributed by atoms with Crippen molar-refractivity contribution in [3.63, 3.8) is 0 Å². The van der Waals surface area contributed by atoms with Crippen molar-refractivity contribution in [2.75, 3.05) is 27.2 Å². The van der Waals surface area contributed by atoms with E-state index >= 15 is 0 Å². The van der Waals surface area contributed by atoms with Crippen LogP contribution in [0.3, 0.4) is 0 Å². The molecule has 0 aliphatic heterocycles. The fourth-order valence-corrected chi connectivity index (χ4v) is 2.98. The molecule has 0 bridgehead atoms. The Bertz CT molecular complexity index is 588. The van der Waals surface area contributed by atoms with E-state index in [1.807, 2.05) is 20.2 Å². The number of furan rings is 1. The molecule has 0 radical (unpaired) electrons. The van der Waals surface area contributed by atoms with Gasteiger partial charge in [0.1, 0.15) is 5.69 Å². The van der Waals surface area contributed by atoms with Crippen LogP contribution >= 0.6 is 11.3 Å². The second-order valence-electron chi connectivity index (χ2n) is 6.10. The Morgan fingerprint density at radius 2 is 2.24 bits per heavy atom. The lowest BCUT2D eigenvalue weighted by atomic mass is 9.93. The van der Waals surface area contributed by atoms with E-state index in [4.69, 9.17) is 4.42 Å². The van der Waals surface area contributed by atoms with Crippen LogP contribution in [0.5, 0.6) is 0 Å². The van der Waals surface area contributed by atoms with Gasteiger partial charge in [-0.1, -0.05) is 13.8 Å². The standard InChI is InChI=1S/C15H21N3O2S/c1-15(2,10-18(3)4)9-16-13(19)11-8-21-14(17-11)12-6-5-7-20-12/h5-8H,9-10H2,1-4H3,(H,16,19). The first-order chi connectivity index (χ1) is 9.87. The van der Waals surface area contributed by atoms with E-state index in [1.54, 1.807) is 17.7 Å². The highest BCUT2D eigenvalue weighted by Crippen LogP contribution is 2.24. The van der Waals surface area contributed by atoms with Crippen molar-refractivity contribution in [2.45, 2.75) is 13.8 Å². The maximum absolute atomic E-state index is 12.1. The second-order valence-corrected chi connectivity index (χ2v) is 6.96. The maximum Gasteiger partial charge on any atom is 0.270 e. The fraction of sp³-hybridized carbons (Fsp3) is 0.467. The van der Waals surface area contributed by atoms with E-state index in [-0.39, 0.29) is 11.3 Å². The number of hydrogen-bond acceptors (Lipinski definition) is 5. The SMILES string of the molecule is CN(C)CC(C)(C)CNC(=O)c1csc(-c2ccco2)n1. The van der Waals surface area contributed by atoms with Gasteiger partial charge in [0.05, 0.1) is 6.26 Å². The average molecular weight is 307 g/mol. The molecule has 2 heterocycles. The third-order valence-electron chi connectivity index (χ3n) is 2.94. The van der Waals surface area contributed by atoms with Crippen LogP contribution < -0.4 is 5.32 Å². The molecule has 2 aromatic heterocycles. The van der Waals surface area contributed by atoms with Gasteiger partial charge >= 0.3 is 0 Å². The van der Waals surface area contributed by atoms with Crippen LogP contribution in [-0.2, 0) is 0 Å². The molecule has 0 atom stereocenters. The molecule has 0 aliphatic rings. The molecule has 114 valence electrons. The summed E-state index contributed by atoms with van der Waals surface area (Å²) >= 11 is 1.41. The van der Waals surface area contributed by atoms with Gasteiger partial charge in [0.2, 0.25) is 0 Å². The van der Waals surface area contributed by atoms with Crippen LogP contribution in [0, 0.1) is 5.41 Å². The number of carbonyl (C=O) groups excluding carboxylic acids is 1. The molecule has 0 aromatic carbocycles. The number of amides is 1. The fourth-order valence-electron chi connectivity index (χ4n) is 2.21. The number of nitrogens with one attached hydrogen (secondary N) is 1. The molecule has 1 N–H and O–H groups in total. The van der Waals surface area contributed by atoms with E-state index in [0.717, 1.165) is 11.6 Å². The van der Waals surface area contributed by atoms with Crippen molar-refractivity contribution in [2.24, 2.45) is 5.41 Å². The Hall–Kier alpha value is -1.66. The highest BCUT2D eigenvalue weighted by Gasteiger charge is 2.21. The lowest BCUT2D eigenvalue weighted by Gasteiger charge is -2.28. The highest BCUT2D eigenvalue weighted by molar-refractivity contribution is 7.13. The van der Waals surface area contributed by atoms with Crippen LogP contribution in [0.2, 0.25) is 0 Å². The lowest BCUT2D eigenvalue weighted by molar-refractivity contribution is 0.0925. The van der Waals surface area contributed by atoms with E-state index < -0.39 is 0 Å². The molecule has 0 unspecified atom stereocenters. The number of carbonyl (C=O) groups is 1. The van der Waals surface area contributed by atoms with Gasteiger partial charge < -0.3 is 14.6 Å². The minimum absolute atomic E-state index is 0.0129. The number of hydrogen-bond donors (Lipinski definition) is 1.